The lowest BCUT2D eigenvalue weighted by atomic mass is 10.0. The molecule has 3 rings (SSSR count). The maximum Gasteiger partial charge on any atom is 0.184 e. The molecule has 1 fully saturated rings. The molecule has 0 spiro atoms. The molecule has 1 N–H and O–H groups in total. The standard InChI is InChI=1S/C15H19BrN2S/c1-10-3-2-4-12(7-5-10)17-15-18-13-8-6-11(16)9-14(13)19-15/h6,8-10,12H,2-5,7H2,1H3,(H,17,18). The number of nitrogens with one attached hydrogen (secondary N) is 1. The van der Waals surface area contributed by atoms with E-state index in [2.05, 4.69) is 51.4 Å². The van der Waals surface area contributed by atoms with E-state index in [-0.39, 0.29) is 0 Å². The van der Waals surface area contributed by atoms with Crippen LogP contribution in [0, 0.1) is 5.92 Å². The van der Waals surface area contributed by atoms with E-state index in [9.17, 15) is 0 Å². The number of aromatic nitrogens is 1. The molecule has 0 aliphatic heterocycles. The van der Waals surface area contributed by atoms with E-state index in [1.807, 2.05) is 0 Å². The number of nitrogens with zero attached hydrogens (tertiary/aromatic N) is 1. The first-order valence-corrected chi connectivity index (χ1v) is 8.64. The second-order valence-corrected chi connectivity index (χ2v) is 7.53. The van der Waals surface area contributed by atoms with Crippen LogP contribution >= 0.6 is 27.3 Å². The van der Waals surface area contributed by atoms with Crippen LogP contribution in [-0.2, 0) is 0 Å². The fourth-order valence-electron chi connectivity index (χ4n) is 2.77. The molecule has 102 valence electrons. The number of rotatable bonds is 2. The fraction of sp³-hybridized carbons (Fsp3) is 0.533. The van der Waals surface area contributed by atoms with Gasteiger partial charge in [0, 0.05) is 10.5 Å². The summed E-state index contributed by atoms with van der Waals surface area (Å²) in [6, 6.07) is 6.89. The number of thiazole rings is 1. The number of hydrogen-bond donors (Lipinski definition) is 1. The zero-order chi connectivity index (χ0) is 13.2. The first-order chi connectivity index (χ1) is 9.20. The number of halogens is 1. The molecule has 2 nitrogen and oxygen atoms in total. The summed E-state index contributed by atoms with van der Waals surface area (Å²) in [6.07, 6.45) is 6.62. The van der Waals surface area contributed by atoms with Crippen molar-refractivity contribution >= 4 is 42.6 Å². The number of benzene rings is 1. The van der Waals surface area contributed by atoms with Crippen LogP contribution in [0.3, 0.4) is 0 Å². The molecule has 0 amide bonds. The van der Waals surface area contributed by atoms with Crippen LogP contribution in [0.1, 0.15) is 39.0 Å². The highest BCUT2D eigenvalue weighted by molar-refractivity contribution is 9.10. The van der Waals surface area contributed by atoms with Crippen molar-refractivity contribution in [1.29, 1.82) is 0 Å². The molecule has 1 heterocycles. The second kappa shape index (κ2) is 5.80. The average molecular weight is 339 g/mol. The van der Waals surface area contributed by atoms with Crippen molar-refractivity contribution in [2.24, 2.45) is 5.92 Å². The first-order valence-electron chi connectivity index (χ1n) is 7.03. The van der Waals surface area contributed by atoms with Gasteiger partial charge in [0.25, 0.3) is 0 Å². The summed E-state index contributed by atoms with van der Waals surface area (Å²) in [4.78, 5) is 4.68. The quantitative estimate of drug-likeness (QED) is 0.737. The third-order valence-electron chi connectivity index (χ3n) is 3.94. The van der Waals surface area contributed by atoms with E-state index >= 15 is 0 Å². The van der Waals surface area contributed by atoms with E-state index < -0.39 is 0 Å². The largest absolute Gasteiger partial charge is 0.359 e. The molecule has 0 saturated heterocycles. The molecule has 0 radical (unpaired) electrons. The Morgan fingerprint density at radius 2 is 2.16 bits per heavy atom. The minimum atomic E-state index is 0.606. The van der Waals surface area contributed by atoms with Gasteiger partial charge in [0.05, 0.1) is 10.2 Å². The van der Waals surface area contributed by atoms with Gasteiger partial charge in [0.15, 0.2) is 5.13 Å². The zero-order valence-electron chi connectivity index (χ0n) is 11.2. The van der Waals surface area contributed by atoms with Gasteiger partial charge in [-0.1, -0.05) is 47.0 Å². The molecular formula is C15H19BrN2S. The van der Waals surface area contributed by atoms with Crippen molar-refractivity contribution in [2.75, 3.05) is 5.32 Å². The Labute approximate surface area is 126 Å². The molecule has 1 aliphatic carbocycles. The van der Waals surface area contributed by atoms with Gasteiger partial charge in [0.2, 0.25) is 0 Å². The van der Waals surface area contributed by atoms with Crippen LogP contribution in [0.4, 0.5) is 5.13 Å². The van der Waals surface area contributed by atoms with Gasteiger partial charge < -0.3 is 5.32 Å². The Balaban J connectivity index is 1.73. The SMILES string of the molecule is CC1CCCC(Nc2nc3ccc(Br)cc3s2)CC1. The minimum Gasteiger partial charge on any atom is -0.359 e. The molecule has 2 aromatic rings. The lowest BCUT2D eigenvalue weighted by Crippen LogP contribution is -2.18. The molecule has 1 aliphatic rings. The highest BCUT2D eigenvalue weighted by Crippen LogP contribution is 2.31. The monoisotopic (exact) mass is 338 g/mol. The van der Waals surface area contributed by atoms with Crippen molar-refractivity contribution in [3.63, 3.8) is 0 Å². The number of hydrogen-bond acceptors (Lipinski definition) is 3. The van der Waals surface area contributed by atoms with E-state index in [4.69, 9.17) is 0 Å². The van der Waals surface area contributed by atoms with Crippen LogP contribution < -0.4 is 5.32 Å². The summed E-state index contributed by atoms with van der Waals surface area (Å²) in [5.74, 6) is 0.887. The van der Waals surface area contributed by atoms with E-state index in [1.165, 1.54) is 36.8 Å². The topological polar surface area (TPSA) is 24.9 Å². The Morgan fingerprint density at radius 1 is 1.26 bits per heavy atom. The Kier molecular flexibility index (Phi) is 4.08. The maximum absolute atomic E-state index is 4.68. The predicted octanol–water partition coefficient (Wildman–Crippen LogP) is 5.44. The van der Waals surface area contributed by atoms with Gasteiger partial charge in [-0.25, -0.2) is 4.98 Å². The predicted molar refractivity (Wildman–Crippen MR) is 87.0 cm³/mol. The summed E-state index contributed by atoms with van der Waals surface area (Å²) in [6.45, 7) is 2.37. The third kappa shape index (κ3) is 3.29. The van der Waals surface area contributed by atoms with Crippen LogP contribution in [0.25, 0.3) is 10.2 Å². The minimum absolute atomic E-state index is 0.606. The van der Waals surface area contributed by atoms with Gasteiger partial charge in [-0.05, 0) is 43.4 Å². The normalized spacial score (nSPS) is 24.3. The molecule has 4 heteroatoms. The molecular weight excluding hydrogens is 320 g/mol. The number of anilines is 1. The molecule has 2 atom stereocenters. The molecule has 19 heavy (non-hydrogen) atoms. The van der Waals surface area contributed by atoms with Gasteiger partial charge in [0.1, 0.15) is 0 Å². The summed E-state index contributed by atoms with van der Waals surface area (Å²) < 4.78 is 2.37. The van der Waals surface area contributed by atoms with Crippen molar-refractivity contribution in [3.8, 4) is 0 Å². The molecule has 1 aromatic heterocycles. The van der Waals surface area contributed by atoms with Crippen LogP contribution in [-0.4, -0.2) is 11.0 Å². The summed E-state index contributed by atoms with van der Waals surface area (Å²) in [5.41, 5.74) is 1.10. The van der Waals surface area contributed by atoms with E-state index in [0.29, 0.717) is 6.04 Å². The maximum atomic E-state index is 4.68. The van der Waals surface area contributed by atoms with Gasteiger partial charge >= 0.3 is 0 Å². The van der Waals surface area contributed by atoms with Gasteiger partial charge in [-0.3, -0.25) is 0 Å². The zero-order valence-corrected chi connectivity index (χ0v) is 13.6. The van der Waals surface area contributed by atoms with Crippen molar-refractivity contribution in [3.05, 3.63) is 22.7 Å². The molecule has 1 saturated carbocycles. The highest BCUT2D eigenvalue weighted by Gasteiger charge is 2.17. The summed E-state index contributed by atoms with van der Waals surface area (Å²) >= 11 is 5.28. The lowest BCUT2D eigenvalue weighted by Gasteiger charge is -2.15. The Morgan fingerprint density at radius 3 is 3.05 bits per heavy atom. The van der Waals surface area contributed by atoms with Crippen LogP contribution in [0.15, 0.2) is 22.7 Å². The molecule has 0 bridgehead atoms. The molecule has 2 unspecified atom stereocenters. The van der Waals surface area contributed by atoms with Gasteiger partial charge in [-0.15, -0.1) is 0 Å². The fourth-order valence-corrected chi connectivity index (χ4v) is 4.26. The second-order valence-electron chi connectivity index (χ2n) is 5.59. The number of fused-ring (bicyclic) bond motifs is 1. The first kappa shape index (κ1) is 13.4. The van der Waals surface area contributed by atoms with Crippen LogP contribution in [0.5, 0.6) is 0 Å². The molecule has 1 aromatic carbocycles. The van der Waals surface area contributed by atoms with E-state index in [1.54, 1.807) is 11.3 Å². The Bertz CT molecular complexity index is 566. The lowest BCUT2D eigenvalue weighted by molar-refractivity contribution is 0.502. The highest BCUT2D eigenvalue weighted by atomic mass is 79.9. The third-order valence-corrected chi connectivity index (χ3v) is 5.38. The van der Waals surface area contributed by atoms with Crippen molar-refractivity contribution < 1.29 is 0 Å². The van der Waals surface area contributed by atoms with Crippen LogP contribution in [0.2, 0.25) is 0 Å². The average Bonchev–Trinajstić information content (AvgIpc) is 2.65. The smallest absolute Gasteiger partial charge is 0.184 e. The Hall–Kier alpha value is -0.610. The summed E-state index contributed by atoms with van der Waals surface area (Å²) in [7, 11) is 0. The van der Waals surface area contributed by atoms with Gasteiger partial charge in [-0.2, -0.15) is 0 Å². The van der Waals surface area contributed by atoms with Crippen molar-refractivity contribution in [2.45, 2.75) is 45.1 Å². The summed E-state index contributed by atoms with van der Waals surface area (Å²) in [5, 5.41) is 4.72. The van der Waals surface area contributed by atoms with Crippen molar-refractivity contribution in [1.82, 2.24) is 4.98 Å². The van der Waals surface area contributed by atoms with E-state index in [0.717, 1.165) is 21.0 Å².